The van der Waals surface area contributed by atoms with Gasteiger partial charge in [0.25, 0.3) is 5.91 Å². The average Bonchev–Trinajstić information content (AvgIpc) is 2.71. The number of halogens is 1. The molecule has 1 aliphatic rings. The monoisotopic (exact) mass is 452 g/mol. The van der Waals surface area contributed by atoms with E-state index in [2.05, 4.69) is 44.0 Å². The fraction of sp³-hybridized carbons (Fsp3) is 0.600. The summed E-state index contributed by atoms with van der Waals surface area (Å²) < 4.78 is 11.8. The van der Waals surface area contributed by atoms with Crippen LogP contribution < -0.4 is 14.8 Å². The minimum absolute atomic E-state index is 0.0975. The number of carbonyl (C=O) groups is 1. The van der Waals surface area contributed by atoms with Gasteiger partial charge in [-0.25, -0.2) is 0 Å². The lowest BCUT2D eigenvalue weighted by Gasteiger charge is -2.33. The molecule has 0 unspecified atom stereocenters. The Morgan fingerprint density at radius 2 is 1.93 bits per heavy atom. The molecule has 0 bridgehead atoms. The molecule has 8 heteroatoms. The summed E-state index contributed by atoms with van der Waals surface area (Å²) in [5.74, 6) is 0.715. The van der Waals surface area contributed by atoms with Crippen molar-refractivity contribution >= 4 is 21.8 Å². The molecule has 1 aliphatic heterocycles. The molecule has 0 aromatic heterocycles. The van der Waals surface area contributed by atoms with Gasteiger partial charge in [0.1, 0.15) is 0 Å². The summed E-state index contributed by atoms with van der Waals surface area (Å²) in [7, 11) is 0. The highest BCUT2D eigenvalue weighted by Gasteiger charge is 2.16. The van der Waals surface area contributed by atoms with Gasteiger partial charge in [0.2, 0.25) is 0 Å². The summed E-state index contributed by atoms with van der Waals surface area (Å²) in [6.45, 7) is 11.6. The second-order valence-corrected chi connectivity index (χ2v) is 7.45. The molecule has 0 spiro atoms. The van der Waals surface area contributed by atoms with Crippen molar-refractivity contribution in [2.45, 2.75) is 20.3 Å². The molecule has 28 heavy (non-hydrogen) atoms. The van der Waals surface area contributed by atoms with E-state index in [0.717, 1.165) is 45.7 Å². The molecule has 0 radical (unpaired) electrons. The van der Waals surface area contributed by atoms with Crippen molar-refractivity contribution in [3.8, 4) is 17.6 Å². The van der Waals surface area contributed by atoms with E-state index in [-0.39, 0.29) is 12.5 Å². The van der Waals surface area contributed by atoms with E-state index < -0.39 is 0 Å². The minimum Gasteiger partial charge on any atom is -0.490 e. The molecular weight excluding hydrogens is 424 g/mol. The van der Waals surface area contributed by atoms with Gasteiger partial charge in [0.15, 0.2) is 18.1 Å². The van der Waals surface area contributed by atoms with E-state index in [1.807, 2.05) is 6.92 Å². The third kappa shape index (κ3) is 6.97. The van der Waals surface area contributed by atoms with Gasteiger partial charge in [-0.1, -0.05) is 6.92 Å². The highest BCUT2D eigenvalue weighted by atomic mass is 79.9. The number of nitrogens with zero attached hydrogens (tertiary/aromatic N) is 3. The van der Waals surface area contributed by atoms with Crippen molar-refractivity contribution in [3.63, 3.8) is 0 Å². The zero-order chi connectivity index (χ0) is 20.4. The summed E-state index contributed by atoms with van der Waals surface area (Å²) in [6.07, 6.45) is 0.919. The van der Waals surface area contributed by atoms with Crippen molar-refractivity contribution in [2.24, 2.45) is 0 Å². The second-order valence-electron chi connectivity index (χ2n) is 6.60. The quantitative estimate of drug-likeness (QED) is 0.548. The highest BCUT2D eigenvalue weighted by Crippen LogP contribution is 2.36. The molecule has 7 nitrogen and oxygen atoms in total. The number of amides is 1. The number of rotatable bonds is 10. The number of hydrogen-bond acceptors (Lipinski definition) is 6. The van der Waals surface area contributed by atoms with E-state index >= 15 is 0 Å². The van der Waals surface area contributed by atoms with Crippen molar-refractivity contribution < 1.29 is 14.3 Å². The normalized spacial score (nSPS) is 15.1. The predicted molar refractivity (Wildman–Crippen MR) is 112 cm³/mol. The molecule has 0 atom stereocenters. The molecule has 154 valence electrons. The number of hydrogen-bond donors (Lipinski definition) is 1. The topological polar surface area (TPSA) is 77.8 Å². The molecular formula is C20H29BrN4O3. The first-order chi connectivity index (χ1) is 13.6. The number of nitrogens with one attached hydrogen (secondary N) is 1. The summed E-state index contributed by atoms with van der Waals surface area (Å²) in [6, 6.07) is 5.33. The van der Waals surface area contributed by atoms with Gasteiger partial charge in [-0.3, -0.25) is 4.79 Å². The minimum atomic E-state index is -0.172. The number of benzene rings is 1. The molecule has 1 N–H and O–H groups in total. The van der Waals surface area contributed by atoms with E-state index in [1.165, 1.54) is 0 Å². The summed E-state index contributed by atoms with van der Waals surface area (Å²) in [5.41, 5.74) is 0.465. The van der Waals surface area contributed by atoms with Gasteiger partial charge in [-0.2, -0.15) is 5.26 Å². The van der Waals surface area contributed by atoms with Gasteiger partial charge in [0, 0.05) is 38.8 Å². The van der Waals surface area contributed by atoms with E-state index in [4.69, 9.17) is 14.7 Å². The molecule has 1 aromatic carbocycles. The highest BCUT2D eigenvalue weighted by molar-refractivity contribution is 9.10. The fourth-order valence-electron chi connectivity index (χ4n) is 3.08. The van der Waals surface area contributed by atoms with Crippen LogP contribution >= 0.6 is 15.9 Å². The molecule has 1 aromatic rings. The lowest BCUT2D eigenvalue weighted by Crippen LogP contribution is -2.46. The Hall–Kier alpha value is -1.82. The third-order valence-corrected chi connectivity index (χ3v) is 5.26. The molecule has 1 fully saturated rings. The Morgan fingerprint density at radius 1 is 1.21 bits per heavy atom. The Morgan fingerprint density at radius 3 is 2.57 bits per heavy atom. The number of ether oxygens (including phenoxy) is 2. The van der Waals surface area contributed by atoms with Crippen LogP contribution in [0.25, 0.3) is 0 Å². The van der Waals surface area contributed by atoms with Gasteiger partial charge in [0.05, 0.1) is 22.7 Å². The summed E-state index contributed by atoms with van der Waals surface area (Å²) in [4.78, 5) is 17.0. The first kappa shape index (κ1) is 22.5. The average molecular weight is 453 g/mol. The van der Waals surface area contributed by atoms with Crippen LogP contribution in [0.1, 0.15) is 25.8 Å². The molecule has 1 heterocycles. The zero-order valence-corrected chi connectivity index (χ0v) is 18.3. The van der Waals surface area contributed by atoms with Gasteiger partial charge in [-0.15, -0.1) is 0 Å². The smallest absolute Gasteiger partial charge is 0.257 e. The largest absolute Gasteiger partial charge is 0.490 e. The number of nitriles is 1. The third-order valence-electron chi connectivity index (χ3n) is 4.67. The van der Waals surface area contributed by atoms with Crippen LogP contribution in [-0.4, -0.2) is 74.7 Å². The van der Waals surface area contributed by atoms with Crippen LogP contribution in [-0.2, 0) is 4.79 Å². The Kier molecular flexibility index (Phi) is 9.55. The number of likely N-dealkylation sites (N-methyl/N-ethyl adjacent to an activating group) is 1. The van der Waals surface area contributed by atoms with Gasteiger partial charge >= 0.3 is 0 Å². The van der Waals surface area contributed by atoms with Crippen LogP contribution in [0, 0.1) is 11.3 Å². The van der Waals surface area contributed by atoms with Crippen molar-refractivity contribution in [3.05, 3.63) is 22.2 Å². The number of carbonyl (C=O) groups excluding carboxylic acids is 1. The molecule has 0 saturated carbocycles. The predicted octanol–water partition coefficient (Wildman–Crippen LogP) is 2.24. The molecule has 1 amide bonds. The fourth-order valence-corrected chi connectivity index (χ4v) is 3.64. The summed E-state index contributed by atoms with van der Waals surface area (Å²) >= 11 is 3.38. The van der Waals surface area contributed by atoms with Crippen LogP contribution in [0.15, 0.2) is 16.6 Å². The standard InChI is InChI=1S/C20H29BrN4O3/c1-3-24-8-10-25(11-9-24)7-5-6-23-19(26)15-28-20-17(21)12-16(14-22)13-18(20)27-4-2/h12-13H,3-11,15H2,1-2H3,(H,23,26). The lowest BCUT2D eigenvalue weighted by molar-refractivity contribution is -0.123. The van der Waals surface area contributed by atoms with E-state index in [1.54, 1.807) is 12.1 Å². The zero-order valence-electron chi connectivity index (χ0n) is 16.7. The molecule has 1 saturated heterocycles. The van der Waals surface area contributed by atoms with Crippen molar-refractivity contribution in [2.75, 3.05) is 59.0 Å². The first-order valence-corrected chi connectivity index (χ1v) is 10.6. The van der Waals surface area contributed by atoms with Crippen LogP contribution in [0.4, 0.5) is 0 Å². The van der Waals surface area contributed by atoms with E-state index in [9.17, 15) is 4.79 Å². The van der Waals surface area contributed by atoms with Gasteiger partial charge in [-0.05, 0) is 48.4 Å². The lowest BCUT2D eigenvalue weighted by atomic mass is 10.2. The summed E-state index contributed by atoms with van der Waals surface area (Å²) in [5, 5.41) is 12.0. The van der Waals surface area contributed by atoms with Crippen molar-refractivity contribution in [1.82, 2.24) is 15.1 Å². The van der Waals surface area contributed by atoms with Crippen LogP contribution in [0.5, 0.6) is 11.5 Å². The van der Waals surface area contributed by atoms with Crippen LogP contribution in [0.3, 0.4) is 0 Å². The Balaban J connectivity index is 1.72. The molecule has 0 aliphatic carbocycles. The molecule has 2 rings (SSSR count). The first-order valence-electron chi connectivity index (χ1n) is 9.78. The second kappa shape index (κ2) is 11.9. The Labute approximate surface area is 175 Å². The maximum atomic E-state index is 12.1. The van der Waals surface area contributed by atoms with Crippen LogP contribution in [0.2, 0.25) is 0 Å². The number of piperazine rings is 1. The van der Waals surface area contributed by atoms with Gasteiger partial charge < -0.3 is 24.6 Å². The van der Waals surface area contributed by atoms with Crippen molar-refractivity contribution in [1.29, 1.82) is 5.26 Å². The Bertz CT molecular complexity index is 685. The maximum absolute atomic E-state index is 12.1. The van der Waals surface area contributed by atoms with E-state index in [0.29, 0.717) is 34.7 Å². The maximum Gasteiger partial charge on any atom is 0.257 e. The SMILES string of the molecule is CCOc1cc(C#N)cc(Br)c1OCC(=O)NCCCN1CCN(CC)CC1.